The van der Waals surface area contributed by atoms with E-state index in [1.165, 1.54) is 0 Å². The second-order valence-electron chi connectivity index (χ2n) is 2.91. The second kappa shape index (κ2) is 7.82. The summed E-state index contributed by atoms with van der Waals surface area (Å²) in [4.78, 5) is 0. The number of hydrogen-bond donors (Lipinski definition) is 0. The fourth-order valence-electron chi connectivity index (χ4n) is 0.922. The van der Waals surface area contributed by atoms with Crippen molar-refractivity contribution in [2.45, 2.75) is 20.0 Å². The molecule has 1 rings (SSSR count). The fourth-order valence-corrected chi connectivity index (χ4v) is 1.27. The van der Waals surface area contributed by atoms with Crippen LogP contribution in [-0.4, -0.2) is 23.4 Å². The van der Waals surface area contributed by atoms with Gasteiger partial charge in [-0.05, 0) is 19.3 Å². The molecule has 1 aromatic rings. The van der Waals surface area contributed by atoms with Gasteiger partial charge in [0.25, 0.3) is 0 Å². The highest BCUT2D eigenvalue weighted by Crippen LogP contribution is 1.99. The minimum absolute atomic E-state index is 0. The van der Waals surface area contributed by atoms with Gasteiger partial charge in [0, 0.05) is 6.10 Å². The number of rotatable bonds is 3. The minimum Gasteiger partial charge on any atom is -0.416 e. The first kappa shape index (κ1) is 15.9. The molecule has 0 aliphatic carbocycles. The molecule has 0 aliphatic rings. The first-order chi connectivity index (χ1) is 5.70. The molecule has 0 atom stereocenters. The first-order valence-corrected chi connectivity index (χ1v) is 4.48. The lowest BCUT2D eigenvalue weighted by atomic mass is 9.86. The lowest BCUT2D eigenvalue weighted by Crippen LogP contribution is -2.30. The lowest BCUT2D eigenvalue weighted by Gasteiger charge is -2.10. The van der Waals surface area contributed by atoms with Crippen molar-refractivity contribution in [3.05, 3.63) is 30.3 Å². The van der Waals surface area contributed by atoms with Crippen molar-refractivity contribution in [3.8, 4) is 0 Å². The van der Waals surface area contributed by atoms with Gasteiger partial charge in [0.1, 0.15) is 0 Å². The molecule has 0 aliphatic heterocycles. The van der Waals surface area contributed by atoms with Crippen molar-refractivity contribution in [2.24, 2.45) is 0 Å². The zero-order chi connectivity index (χ0) is 8.97. The number of hydrogen-bond acceptors (Lipinski definition) is 1. The Kier molecular flexibility index (Phi) is 8.89. The Bertz CT molecular complexity index is 231. The predicted octanol–water partition coefficient (Wildman–Crippen LogP) is 0.396. The number of halogens is 1. The van der Waals surface area contributed by atoms with E-state index in [-0.39, 0.29) is 23.4 Å². The molecule has 0 fully saturated rings. The van der Waals surface area contributed by atoms with Crippen LogP contribution in [0.25, 0.3) is 0 Å². The molecular weight excluding hydrogens is 202 g/mol. The van der Waals surface area contributed by atoms with E-state index in [4.69, 9.17) is 16.1 Å². The molecule has 0 bridgehead atoms. The average Bonchev–Trinajstić information content (AvgIpc) is 2.05. The van der Waals surface area contributed by atoms with Crippen LogP contribution < -0.4 is 5.46 Å². The van der Waals surface area contributed by atoms with E-state index in [0.717, 1.165) is 5.46 Å². The highest BCUT2D eigenvalue weighted by molar-refractivity contribution is 7.10. The van der Waals surface area contributed by atoms with E-state index < -0.39 is 0 Å². The molecule has 0 unspecified atom stereocenters. The standard InChI is InChI=1S/C9H12BClO.2H2O/c1-8(2)12-10(11)9-6-4-3-5-7-9;;/h3-8H,1-2H3;2*1H2. The van der Waals surface area contributed by atoms with Gasteiger partial charge in [0.2, 0.25) is 0 Å². The van der Waals surface area contributed by atoms with E-state index in [1.807, 2.05) is 44.2 Å². The normalized spacial score (nSPS) is 8.86. The molecule has 5 heteroatoms. The van der Waals surface area contributed by atoms with Crippen molar-refractivity contribution in [1.82, 2.24) is 0 Å². The van der Waals surface area contributed by atoms with Crippen molar-refractivity contribution in [3.63, 3.8) is 0 Å². The quantitative estimate of drug-likeness (QED) is 0.677. The van der Waals surface area contributed by atoms with Crippen LogP contribution in [0, 0.1) is 0 Å². The van der Waals surface area contributed by atoms with Crippen LogP contribution in [0.2, 0.25) is 0 Å². The van der Waals surface area contributed by atoms with Gasteiger partial charge in [-0.15, -0.1) is 11.5 Å². The largest absolute Gasteiger partial charge is 0.434 e. The molecule has 0 saturated carbocycles. The van der Waals surface area contributed by atoms with E-state index in [2.05, 4.69) is 0 Å². The van der Waals surface area contributed by atoms with Crippen LogP contribution in [0.4, 0.5) is 0 Å². The Morgan fingerprint density at radius 3 is 2.07 bits per heavy atom. The molecule has 14 heavy (non-hydrogen) atoms. The van der Waals surface area contributed by atoms with Crippen LogP contribution in [0.5, 0.6) is 0 Å². The Hall–Kier alpha value is -0.545. The van der Waals surface area contributed by atoms with Crippen molar-refractivity contribution in [2.75, 3.05) is 0 Å². The van der Waals surface area contributed by atoms with Crippen LogP contribution in [0.15, 0.2) is 30.3 Å². The highest BCUT2D eigenvalue weighted by Gasteiger charge is 2.15. The molecule has 3 nitrogen and oxygen atoms in total. The summed E-state index contributed by atoms with van der Waals surface area (Å²) in [5.41, 5.74) is 1.01. The average molecular weight is 218 g/mol. The summed E-state index contributed by atoms with van der Waals surface area (Å²) in [6, 6.07) is 9.78. The van der Waals surface area contributed by atoms with Gasteiger partial charge in [-0.25, -0.2) is 0 Å². The molecule has 0 radical (unpaired) electrons. The minimum atomic E-state index is -0.328. The summed E-state index contributed by atoms with van der Waals surface area (Å²) >= 11 is 5.98. The van der Waals surface area contributed by atoms with Gasteiger partial charge >= 0.3 is 6.33 Å². The summed E-state index contributed by atoms with van der Waals surface area (Å²) in [6.45, 7) is 3.94. The van der Waals surface area contributed by atoms with Crippen LogP contribution >= 0.6 is 11.5 Å². The highest BCUT2D eigenvalue weighted by atomic mass is 35.5. The smallest absolute Gasteiger partial charge is 0.416 e. The van der Waals surface area contributed by atoms with Gasteiger partial charge in [0.05, 0.1) is 0 Å². The zero-order valence-corrected chi connectivity index (χ0v) is 9.08. The third-order valence-corrected chi connectivity index (χ3v) is 1.81. The molecule has 0 aromatic heterocycles. The number of benzene rings is 1. The summed E-state index contributed by atoms with van der Waals surface area (Å²) in [5, 5.41) is 0. The Balaban J connectivity index is 0. The van der Waals surface area contributed by atoms with Gasteiger partial charge in [-0.1, -0.05) is 30.3 Å². The van der Waals surface area contributed by atoms with Gasteiger partial charge in [-0.2, -0.15) is 0 Å². The SMILES string of the molecule is CC(C)OB(Cl)c1ccccc1.O.O. The maximum atomic E-state index is 5.98. The Labute approximate surface area is 89.7 Å². The van der Waals surface area contributed by atoms with Crippen molar-refractivity contribution >= 4 is 23.3 Å². The second-order valence-corrected chi connectivity index (χ2v) is 3.31. The first-order valence-electron chi connectivity index (χ1n) is 4.04. The summed E-state index contributed by atoms with van der Waals surface area (Å²) in [7, 11) is 0. The summed E-state index contributed by atoms with van der Waals surface area (Å²) < 4.78 is 5.40. The molecule has 4 N–H and O–H groups in total. The summed E-state index contributed by atoms with van der Waals surface area (Å²) in [5.74, 6) is 0. The van der Waals surface area contributed by atoms with Crippen molar-refractivity contribution in [1.29, 1.82) is 0 Å². The van der Waals surface area contributed by atoms with E-state index in [0.29, 0.717) is 0 Å². The molecule has 0 spiro atoms. The van der Waals surface area contributed by atoms with E-state index in [9.17, 15) is 0 Å². The molecule has 80 valence electrons. The van der Waals surface area contributed by atoms with Gasteiger partial charge in [-0.3, -0.25) is 0 Å². The molecule has 0 amide bonds. The summed E-state index contributed by atoms with van der Waals surface area (Å²) in [6.07, 6.45) is -0.168. The van der Waals surface area contributed by atoms with Crippen molar-refractivity contribution < 1.29 is 15.6 Å². The predicted molar refractivity (Wildman–Crippen MR) is 61.1 cm³/mol. The van der Waals surface area contributed by atoms with Crippen LogP contribution in [-0.2, 0) is 4.65 Å². The van der Waals surface area contributed by atoms with Crippen LogP contribution in [0.3, 0.4) is 0 Å². The Morgan fingerprint density at radius 2 is 1.64 bits per heavy atom. The third-order valence-electron chi connectivity index (χ3n) is 1.45. The van der Waals surface area contributed by atoms with E-state index in [1.54, 1.807) is 0 Å². The Morgan fingerprint density at radius 1 is 1.14 bits per heavy atom. The molecule has 0 saturated heterocycles. The topological polar surface area (TPSA) is 72.2 Å². The molecule has 1 aromatic carbocycles. The van der Waals surface area contributed by atoms with E-state index >= 15 is 0 Å². The monoisotopic (exact) mass is 218 g/mol. The third kappa shape index (κ3) is 5.24. The fraction of sp³-hybridized carbons (Fsp3) is 0.333. The molecule has 0 heterocycles. The molecular formula is C9H16BClO3. The zero-order valence-electron chi connectivity index (χ0n) is 8.33. The maximum Gasteiger partial charge on any atom is 0.434 e. The van der Waals surface area contributed by atoms with Crippen LogP contribution in [0.1, 0.15) is 13.8 Å². The van der Waals surface area contributed by atoms with Gasteiger partial charge < -0.3 is 15.6 Å². The maximum absolute atomic E-state index is 5.98. The van der Waals surface area contributed by atoms with Gasteiger partial charge in [0.15, 0.2) is 0 Å². The lowest BCUT2D eigenvalue weighted by molar-refractivity contribution is 0.256.